The van der Waals surface area contributed by atoms with Gasteiger partial charge in [0.25, 0.3) is 0 Å². The van der Waals surface area contributed by atoms with Gasteiger partial charge < -0.3 is 10.8 Å². The van der Waals surface area contributed by atoms with Gasteiger partial charge in [0.05, 0.1) is 12.1 Å². The number of nitrogens with two attached hydrogens (primary N) is 1. The van der Waals surface area contributed by atoms with Crippen LogP contribution in [0.2, 0.25) is 0 Å². The summed E-state index contributed by atoms with van der Waals surface area (Å²) in [6, 6.07) is 6.92. The van der Waals surface area contributed by atoms with Gasteiger partial charge in [-0.1, -0.05) is 24.0 Å². The molecule has 56 valence electrons. The van der Waals surface area contributed by atoms with Crippen LogP contribution in [0.1, 0.15) is 5.56 Å². The van der Waals surface area contributed by atoms with Crippen LogP contribution in [0.15, 0.2) is 24.3 Å². The van der Waals surface area contributed by atoms with Gasteiger partial charge in [0.2, 0.25) is 0 Å². The summed E-state index contributed by atoms with van der Waals surface area (Å²) in [5, 5.41) is 9.19. The number of benzene rings is 1. The second kappa shape index (κ2) is 3.65. The van der Waals surface area contributed by atoms with E-state index in [1.165, 1.54) is 0 Å². The molecule has 0 saturated carbocycles. The van der Waals surface area contributed by atoms with E-state index >= 15 is 0 Å². The van der Waals surface area contributed by atoms with Crippen molar-refractivity contribution < 1.29 is 5.11 Å². The molecule has 1 aromatic rings. The molecule has 1 rings (SSSR count). The molecule has 0 fully saturated rings. The molecule has 0 aliphatic rings. The third-order valence-corrected chi connectivity index (χ3v) is 1.23. The predicted octanol–water partition coefficient (Wildman–Crippen LogP) is 0.702. The van der Waals surface area contributed by atoms with E-state index < -0.39 is 0 Å². The van der Waals surface area contributed by atoms with E-state index in [2.05, 4.69) is 11.8 Å². The Morgan fingerprint density at radius 1 is 1.36 bits per heavy atom. The maximum atomic E-state index is 9.19. The summed E-state index contributed by atoms with van der Waals surface area (Å²) in [7, 11) is 0. The minimum absolute atomic E-state index is 0.202. The monoisotopic (exact) mass is 147 g/mol. The molecule has 11 heavy (non-hydrogen) atoms. The summed E-state index contributed by atoms with van der Waals surface area (Å²) in [6.07, 6.45) is 0. The number of hydrogen-bond donors (Lipinski definition) is 2. The van der Waals surface area contributed by atoms with Crippen molar-refractivity contribution in [3.05, 3.63) is 29.8 Å². The molecule has 0 aliphatic carbocycles. The zero-order chi connectivity index (χ0) is 8.10. The van der Waals surface area contributed by atoms with E-state index in [1.807, 2.05) is 6.07 Å². The summed E-state index contributed by atoms with van der Waals surface area (Å²) >= 11 is 0. The molecule has 0 heterocycles. The van der Waals surface area contributed by atoms with Gasteiger partial charge >= 0.3 is 0 Å². The van der Waals surface area contributed by atoms with Crippen LogP contribution >= 0.6 is 0 Å². The van der Waals surface area contributed by atoms with E-state index in [4.69, 9.17) is 5.73 Å². The zero-order valence-corrected chi connectivity index (χ0v) is 6.04. The van der Waals surface area contributed by atoms with E-state index in [0.717, 1.165) is 0 Å². The van der Waals surface area contributed by atoms with Crippen LogP contribution in [-0.2, 0) is 0 Å². The highest BCUT2D eigenvalue weighted by molar-refractivity contribution is 5.44. The Morgan fingerprint density at radius 3 is 2.73 bits per heavy atom. The summed E-state index contributed by atoms with van der Waals surface area (Å²) in [5.74, 6) is 5.61. The van der Waals surface area contributed by atoms with Crippen LogP contribution in [0.3, 0.4) is 0 Å². The summed E-state index contributed by atoms with van der Waals surface area (Å²) in [6.45, 7) is 0.314. The van der Waals surface area contributed by atoms with Crippen LogP contribution < -0.4 is 5.73 Å². The van der Waals surface area contributed by atoms with Gasteiger partial charge in [0, 0.05) is 0 Å². The summed E-state index contributed by atoms with van der Waals surface area (Å²) in [5.41, 5.74) is 5.79. The molecule has 3 N–H and O–H groups in total. The SMILES string of the molecule is NCC#Cc1ccccc1O. The first-order chi connectivity index (χ1) is 5.34. The Balaban J connectivity index is 2.95. The van der Waals surface area contributed by atoms with Crippen molar-refractivity contribution in [2.75, 3.05) is 6.54 Å². The Hall–Kier alpha value is -1.46. The maximum absolute atomic E-state index is 9.19. The molecule has 1 aromatic carbocycles. The van der Waals surface area contributed by atoms with Crippen LogP contribution in [-0.4, -0.2) is 11.7 Å². The molecule has 0 atom stereocenters. The largest absolute Gasteiger partial charge is 0.507 e. The van der Waals surface area contributed by atoms with Gasteiger partial charge in [-0.15, -0.1) is 0 Å². The van der Waals surface area contributed by atoms with Crippen molar-refractivity contribution in [2.45, 2.75) is 0 Å². The smallest absolute Gasteiger partial charge is 0.131 e. The number of rotatable bonds is 0. The Morgan fingerprint density at radius 2 is 2.09 bits per heavy atom. The summed E-state index contributed by atoms with van der Waals surface area (Å²) in [4.78, 5) is 0. The first-order valence-electron chi connectivity index (χ1n) is 3.31. The van der Waals surface area contributed by atoms with Gasteiger partial charge in [-0.3, -0.25) is 0 Å². The highest BCUT2D eigenvalue weighted by Crippen LogP contribution is 2.13. The van der Waals surface area contributed by atoms with Gasteiger partial charge in [-0.2, -0.15) is 0 Å². The van der Waals surface area contributed by atoms with E-state index in [1.54, 1.807) is 18.2 Å². The van der Waals surface area contributed by atoms with Crippen molar-refractivity contribution >= 4 is 0 Å². The highest BCUT2D eigenvalue weighted by Gasteiger charge is 1.91. The fourth-order valence-corrected chi connectivity index (χ4v) is 0.726. The molecule has 0 aliphatic heterocycles. The average molecular weight is 147 g/mol. The quantitative estimate of drug-likeness (QED) is 0.531. The van der Waals surface area contributed by atoms with Crippen LogP contribution in [0.25, 0.3) is 0 Å². The van der Waals surface area contributed by atoms with Crippen LogP contribution in [0.4, 0.5) is 0 Å². The lowest BCUT2D eigenvalue weighted by molar-refractivity contribution is 0.473. The molecular formula is C9H9NO. The lowest BCUT2D eigenvalue weighted by Crippen LogP contribution is -1.92. The van der Waals surface area contributed by atoms with Gasteiger partial charge in [0.1, 0.15) is 5.75 Å². The first kappa shape index (κ1) is 7.64. The van der Waals surface area contributed by atoms with Crippen molar-refractivity contribution in [1.29, 1.82) is 0 Å². The molecule has 0 amide bonds. The topological polar surface area (TPSA) is 46.2 Å². The van der Waals surface area contributed by atoms with E-state index in [-0.39, 0.29) is 5.75 Å². The molecule has 2 nitrogen and oxygen atoms in total. The fourth-order valence-electron chi connectivity index (χ4n) is 0.726. The van der Waals surface area contributed by atoms with Gasteiger partial charge in [-0.25, -0.2) is 0 Å². The normalized spacial score (nSPS) is 8.45. The van der Waals surface area contributed by atoms with Crippen LogP contribution in [0.5, 0.6) is 5.75 Å². The third kappa shape index (κ3) is 1.99. The third-order valence-electron chi connectivity index (χ3n) is 1.23. The number of aromatic hydroxyl groups is 1. The van der Waals surface area contributed by atoms with Crippen molar-refractivity contribution in [3.63, 3.8) is 0 Å². The first-order valence-corrected chi connectivity index (χ1v) is 3.31. The number of phenolic OH excluding ortho intramolecular Hbond substituents is 1. The van der Waals surface area contributed by atoms with E-state index in [0.29, 0.717) is 12.1 Å². The Kier molecular flexibility index (Phi) is 2.53. The van der Waals surface area contributed by atoms with E-state index in [9.17, 15) is 5.11 Å². The molecule has 2 heteroatoms. The van der Waals surface area contributed by atoms with Crippen molar-refractivity contribution in [3.8, 4) is 17.6 Å². The molecule has 0 saturated heterocycles. The van der Waals surface area contributed by atoms with Crippen molar-refractivity contribution in [1.82, 2.24) is 0 Å². The lowest BCUT2D eigenvalue weighted by Gasteiger charge is -1.92. The number of phenols is 1. The molecule has 0 radical (unpaired) electrons. The second-order valence-corrected chi connectivity index (χ2v) is 2.02. The maximum Gasteiger partial charge on any atom is 0.131 e. The average Bonchev–Trinajstić information content (AvgIpc) is 2.03. The minimum atomic E-state index is 0.202. The predicted molar refractivity (Wildman–Crippen MR) is 44.0 cm³/mol. The molecular weight excluding hydrogens is 138 g/mol. The minimum Gasteiger partial charge on any atom is -0.507 e. The lowest BCUT2D eigenvalue weighted by atomic mass is 10.2. The molecule has 0 spiro atoms. The van der Waals surface area contributed by atoms with Crippen LogP contribution in [0, 0.1) is 11.8 Å². The number of para-hydroxylation sites is 1. The molecule has 0 unspecified atom stereocenters. The van der Waals surface area contributed by atoms with Gasteiger partial charge in [0.15, 0.2) is 0 Å². The fraction of sp³-hybridized carbons (Fsp3) is 0.111. The number of hydrogen-bond acceptors (Lipinski definition) is 2. The van der Waals surface area contributed by atoms with Crippen molar-refractivity contribution in [2.24, 2.45) is 5.73 Å². The zero-order valence-electron chi connectivity index (χ0n) is 6.04. The standard InChI is InChI=1S/C9H9NO/c10-7-3-5-8-4-1-2-6-9(8)11/h1-2,4,6,11H,7,10H2. The molecule has 0 bridgehead atoms. The highest BCUT2D eigenvalue weighted by atomic mass is 16.3. The Bertz CT molecular complexity index is 296. The second-order valence-electron chi connectivity index (χ2n) is 2.02. The molecule has 0 aromatic heterocycles. The Labute approximate surface area is 65.7 Å². The van der Waals surface area contributed by atoms with Gasteiger partial charge in [-0.05, 0) is 12.1 Å². The summed E-state index contributed by atoms with van der Waals surface area (Å²) < 4.78 is 0.